The van der Waals surface area contributed by atoms with Gasteiger partial charge in [0.2, 0.25) is 0 Å². The first-order valence-corrected chi connectivity index (χ1v) is 9.75. The van der Waals surface area contributed by atoms with Gasteiger partial charge in [-0.15, -0.1) is 11.3 Å². The number of aromatic nitrogens is 1. The van der Waals surface area contributed by atoms with Crippen LogP contribution in [0.15, 0.2) is 48.4 Å². The maximum absolute atomic E-state index is 4.55. The summed E-state index contributed by atoms with van der Waals surface area (Å²) < 4.78 is 2.51. The van der Waals surface area contributed by atoms with Gasteiger partial charge in [-0.05, 0) is 47.9 Å². The highest BCUT2D eigenvalue weighted by atomic mass is 32.1. The summed E-state index contributed by atoms with van der Waals surface area (Å²) in [7, 11) is 0. The maximum atomic E-state index is 4.55. The molecule has 2 heteroatoms. The number of nitrogens with zero attached hydrogens (tertiary/aromatic N) is 1. The van der Waals surface area contributed by atoms with Crippen LogP contribution in [0.4, 0.5) is 0 Å². The number of aryl methyl sites for hydroxylation is 1. The average molecular weight is 336 g/mol. The summed E-state index contributed by atoms with van der Waals surface area (Å²) in [6.45, 7) is 12.5. The maximum Gasteiger partial charge on any atom is 0.103 e. The second kappa shape index (κ2) is 5.63. The van der Waals surface area contributed by atoms with Gasteiger partial charge in [0.25, 0.3) is 0 Å². The molecule has 3 aromatic rings. The van der Waals surface area contributed by atoms with Gasteiger partial charge < -0.3 is 4.57 Å². The number of thiophene rings is 1. The van der Waals surface area contributed by atoms with Gasteiger partial charge in [-0.25, -0.2) is 0 Å². The Morgan fingerprint density at radius 3 is 2.71 bits per heavy atom. The van der Waals surface area contributed by atoms with Gasteiger partial charge in [-0.1, -0.05) is 56.7 Å². The molecular formula is C22H25NS. The zero-order valence-electron chi connectivity index (χ0n) is 14.8. The lowest BCUT2D eigenvalue weighted by Gasteiger charge is -2.44. The van der Waals surface area contributed by atoms with E-state index in [4.69, 9.17) is 0 Å². The van der Waals surface area contributed by atoms with Crippen LogP contribution in [0.1, 0.15) is 43.5 Å². The van der Waals surface area contributed by atoms with Crippen molar-refractivity contribution in [2.45, 2.75) is 45.6 Å². The van der Waals surface area contributed by atoms with Crippen LogP contribution in [-0.4, -0.2) is 4.57 Å². The minimum atomic E-state index is 0.101. The molecular weight excluding hydrogens is 310 g/mol. The fraction of sp³-hybridized carbons (Fsp3) is 0.364. The molecule has 2 unspecified atom stereocenters. The smallest absolute Gasteiger partial charge is 0.103 e. The van der Waals surface area contributed by atoms with E-state index in [0.717, 1.165) is 6.54 Å². The molecule has 1 aliphatic rings. The van der Waals surface area contributed by atoms with Crippen molar-refractivity contribution in [2.75, 3.05) is 0 Å². The third-order valence-electron chi connectivity index (χ3n) is 5.80. The van der Waals surface area contributed by atoms with Crippen LogP contribution in [0.2, 0.25) is 0 Å². The number of hydrogen-bond donors (Lipinski definition) is 0. The van der Waals surface area contributed by atoms with E-state index in [0.29, 0.717) is 5.92 Å². The fourth-order valence-electron chi connectivity index (χ4n) is 4.41. The molecule has 0 aliphatic carbocycles. The van der Waals surface area contributed by atoms with E-state index in [2.05, 4.69) is 73.7 Å². The number of rotatable bonds is 3. The lowest BCUT2D eigenvalue weighted by atomic mass is 9.65. The number of benzene rings is 1. The Bertz CT molecular complexity index is 896. The van der Waals surface area contributed by atoms with E-state index >= 15 is 0 Å². The first-order chi connectivity index (χ1) is 11.5. The van der Waals surface area contributed by atoms with E-state index in [1.165, 1.54) is 45.5 Å². The largest absolute Gasteiger partial charge is 0.332 e. The molecule has 0 saturated heterocycles. The molecule has 4 rings (SSSR count). The molecule has 2 atom stereocenters. The second-order valence-electron chi connectivity index (χ2n) is 7.45. The summed E-state index contributed by atoms with van der Waals surface area (Å²) in [5.74, 6) is 0.502. The van der Waals surface area contributed by atoms with Crippen molar-refractivity contribution in [1.29, 1.82) is 0 Å². The molecule has 0 bridgehead atoms. The van der Waals surface area contributed by atoms with Crippen LogP contribution in [-0.2, 0) is 12.0 Å². The van der Waals surface area contributed by atoms with Crippen molar-refractivity contribution in [3.05, 3.63) is 65.2 Å². The standard InChI is InChI=1S/C22H25NS/c1-5-6-19-16(3)20-13-17-11-12-24-21(17)23(20)14-22(19,4)18-9-7-15(2)8-10-18/h7-13,19H,3,5-6,14H2,1-2,4H3. The molecule has 24 heavy (non-hydrogen) atoms. The van der Waals surface area contributed by atoms with E-state index < -0.39 is 0 Å². The van der Waals surface area contributed by atoms with Gasteiger partial charge in [0.05, 0.1) is 0 Å². The first-order valence-electron chi connectivity index (χ1n) is 8.87. The summed E-state index contributed by atoms with van der Waals surface area (Å²) in [5, 5.41) is 3.56. The highest BCUT2D eigenvalue weighted by molar-refractivity contribution is 7.16. The SMILES string of the molecule is C=C1c2cc3ccsc3n2CC(C)(c2ccc(C)cc2)C1CCC. The average Bonchev–Trinajstić information content (AvgIpc) is 3.14. The number of allylic oxidation sites excluding steroid dienone is 1. The quantitative estimate of drug-likeness (QED) is 0.521. The Labute approximate surface area is 148 Å². The molecule has 1 aromatic carbocycles. The summed E-state index contributed by atoms with van der Waals surface area (Å²) in [6, 6.07) is 13.7. The molecule has 0 amide bonds. The molecule has 1 aliphatic heterocycles. The molecule has 0 radical (unpaired) electrons. The van der Waals surface area contributed by atoms with Gasteiger partial charge in [0.1, 0.15) is 4.83 Å². The lowest BCUT2D eigenvalue weighted by molar-refractivity contribution is 0.279. The van der Waals surface area contributed by atoms with Gasteiger partial charge in [0, 0.05) is 23.0 Å². The third-order valence-corrected chi connectivity index (χ3v) is 6.75. The molecule has 0 saturated carbocycles. The Balaban J connectivity index is 1.90. The summed E-state index contributed by atoms with van der Waals surface area (Å²) in [6.07, 6.45) is 2.39. The zero-order chi connectivity index (χ0) is 16.9. The Morgan fingerprint density at radius 2 is 2.00 bits per heavy atom. The van der Waals surface area contributed by atoms with Gasteiger partial charge in [-0.3, -0.25) is 0 Å². The van der Waals surface area contributed by atoms with E-state index in [1.54, 1.807) is 0 Å². The van der Waals surface area contributed by atoms with Gasteiger partial charge >= 0.3 is 0 Å². The first kappa shape index (κ1) is 15.7. The van der Waals surface area contributed by atoms with E-state index in [-0.39, 0.29) is 5.41 Å². The lowest BCUT2D eigenvalue weighted by Crippen LogP contribution is -2.41. The minimum absolute atomic E-state index is 0.101. The molecule has 0 spiro atoms. The fourth-order valence-corrected chi connectivity index (χ4v) is 5.30. The molecule has 1 nitrogen and oxygen atoms in total. The monoisotopic (exact) mass is 335 g/mol. The van der Waals surface area contributed by atoms with Crippen molar-refractivity contribution in [3.8, 4) is 0 Å². The van der Waals surface area contributed by atoms with E-state index in [9.17, 15) is 0 Å². The van der Waals surface area contributed by atoms with Gasteiger partial charge in [-0.2, -0.15) is 0 Å². The Morgan fingerprint density at radius 1 is 1.25 bits per heavy atom. The summed E-state index contributed by atoms with van der Waals surface area (Å²) >= 11 is 1.85. The molecule has 3 heterocycles. The third kappa shape index (κ3) is 2.20. The van der Waals surface area contributed by atoms with Crippen molar-refractivity contribution >= 4 is 27.1 Å². The predicted molar refractivity (Wildman–Crippen MR) is 106 cm³/mol. The number of hydrogen-bond acceptors (Lipinski definition) is 1. The van der Waals surface area contributed by atoms with Crippen LogP contribution < -0.4 is 0 Å². The van der Waals surface area contributed by atoms with Crippen LogP contribution in [0, 0.1) is 12.8 Å². The topological polar surface area (TPSA) is 4.93 Å². The second-order valence-corrected chi connectivity index (χ2v) is 8.34. The van der Waals surface area contributed by atoms with Crippen LogP contribution in [0.25, 0.3) is 15.8 Å². The van der Waals surface area contributed by atoms with Crippen molar-refractivity contribution in [1.82, 2.24) is 4.57 Å². The van der Waals surface area contributed by atoms with Gasteiger partial charge in [0.15, 0.2) is 0 Å². The minimum Gasteiger partial charge on any atom is -0.332 e. The Kier molecular flexibility index (Phi) is 3.69. The molecule has 0 fully saturated rings. The summed E-state index contributed by atoms with van der Waals surface area (Å²) in [5.41, 5.74) is 5.53. The molecule has 0 N–H and O–H groups in total. The highest BCUT2D eigenvalue weighted by Gasteiger charge is 2.42. The Hall–Kier alpha value is -1.80. The van der Waals surface area contributed by atoms with Crippen molar-refractivity contribution < 1.29 is 0 Å². The van der Waals surface area contributed by atoms with Crippen molar-refractivity contribution in [2.24, 2.45) is 5.92 Å². The molecule has 124 valence electrons. The number of fused-ring (bicyclic) bond motifs is 3. The normalized spacial score (nSPS) is 23.6. The zero-order valence-corrected chi connectivity index (χ0v) is 15.6. The highest BCUT2D eigenvalue weighted by Crippen LogP contribution is 2.49. The van der Waals surface area contributed by atoms with Crippen LogP contribution in [0.5, 0.6) is 0 Å². The van der Waals surface area contributed by atoms with Crippen LogP contribution in [0.3, 0.4) is 0 Å². The predicted octanol–water partition coefficient (Wildman–Crippen LogP) is 6.41. The summed E-state index contributed by atoms with van der Waals surface area (Å²) in [4.78, 5) is 1.39. The van der Waals surface area contributed by atoms with E-state index in [1.807, 2.05) is 11.3 Å². The van der Waals surface area contributed by atoms with Crippen LogP contribution >= 0.6 is 11.3 Å². The molecule has 2 aromatic heterocycles. The van der Waals surface area contributed by atoms with Crippen molar-refractivity contribution in [3.63, 3.8) is 0 Å².